The molecule has 154 valence electrons. The van der Waals surface area contributed by atoms with Gasteiger partial charge in [0.25, 0.3) is 5.91 Å². The van der Waals surface area contributed by atoms with Crippen LogP contribution in [0.4, 0.5) is 5.88 Å². The van der Waals surface area contributed by atoms with Crippen molar-refractivity contribution in [3.63, 3.8) is 0 Å². The Morgan fingerprint density at radius 2 is 1.48 bits per heavy atom. The molecule has 1 aromatic carbocycles. The lowest BCUT2D eigenvalue weighted by Crippen LogP contribution is -2.40. The van der Waals surface area contributed by atoms with Crippen molar-refractivity contribution in [1.82, 2.24) is 4.90 Å². The van der Waals surface area contributed by atoms with Crippen LogP contribution in [0.3, 0.4) is 0 Å². The molecule has 0 bridgehead atoms. The van der Waals surface area contributed by atoms with E-state index in [0.29, 0.717) is 25.9 Å². The number of nitro groups is 1. The first kappa shape index (κ1) is 20.8. The van der Waals surface area contributed by atoms with Crippen molar-refractivity contribution in [2.24, 2.45) is 5.92 Å². The minimum atomic E-state index is -0.669. The third-order valence-corrected chi connectivity index (χ3v) is 6.38. The molecule has 7 nitrogen and oxygen atoms in total. The first-order valence-electron chi connectivity index (χ1n) is 9.78. The van der Waals surface area contributed by atoms with Gasteiger partial charge in [0, 0.05) is 24.6 Å². The molecule has 1 fully saturated rings. The van der Waals surface area contributed by atoms with Gasteiger partial charge in [-0.3, -0.25) is 19.7 Å². The zero-order chi connectivity index (χ0) is 21.5. The molecule has 1 amide bonds. The van der Waals surface area contributed by atoms with Gasteiger partial charge in [0.05, 0.1) is 6.07 Å². The summed E-state index contributed by atoms with van der Waals surface area (Å²) in [6, 6.07) is 2.50. The van der Waals surface area contributed by atoms with Crippen molar-refractivity contribution in [3.05, 3.63) is 61.4 Å². The zero-order valence-corrected chi connectivity index (χ0v) is 17.5. The molecular formula is C22H26N2O5. The number of carbonyl (C=O) groups excluding carboxylic acids is 2. The van der Waals surface area contributed by atoms with Crippen molar-refractivity contribution in [3.8, 4) is 0 Å². The predicted octanol–water partition coefficient (Wildman–Crippen LogP) is 4.47. The largest absolute Gasteiger partial charge is 0.433 e. The highest BCUT2D eigenvalue weighted by atomic mass is 16.6. The summed E-state index contributed by atoms with van der Waals surface area (Å²) >= 11 is 0. The average Bonchev–Trinajstić information content (AvgIpc) is 3.21. The van der Waals surface area contributed by atoms with Gasteiger partial charge in [0.2, 0.25) is 0 Å². The van der Waals surface area contributed by atoms with Crippen molar-refractivity contribution in [2.45, 2.75) is 47.5 Å². The molecule has 0 saturated carbocycles. The summed E-state index contributed by atoms with van der Waals surface area (Å²) in [6.45, 7) is 11.0. The Bertz CT molecular complexity index is 968. The summed E-state index contributed by atoms with van der Waals surface area (Å²) in [5.41, 5.74) is 6.43. The van der Waals surface area contributed by atoms with E-state index in [-0.39, 0.29) is 23.4 Å². The molecule has 1 aliphatic rings. The molecule has 2 aromatic rings. The van der Waals surface area contributed by atoms with Gasteiger partial charge in [-0.25, -0.2) is 0 Å². The van der Waals surface area contributed by atoms with E-state index in [4.69, 9.17) is 4.42 Å². The summed E-state index contributed by atoms with van der Waals surface area (Å²) < 4.78 is 5.02. The smallest absolute Gasteiger partial charge is 0.395 e. The maximum absolute atomic E-state index is 13.3. The Labute approximate surface area is 169 Å². The maximum atomic E-state index is 13.3. The molecule has 0 aliphatic carbocycles. The van der Waals surface area contributed by atoms with E-state index in [1.807, 2.05) is 13.8 Å². The second kappa shape index (κ2) is 7.81. The second-order valence-electron chi connectivity index (χ2n) is 7.83. The Kier molecular flexibility index (Phi) is 5.59. The minimum Gasteiger partial charge on any atom is -0.395 e. The van der Waals surface area contributed by atoms with Crippen molar-refractivity contribution < 1.29 is 18.9 Å². The molecule has 1 aromatic heterocycles. The highest BCUT2D eigenvalue weighted by Gasteiger charge is 2.32. The molecule has 0 unspecified atom stereocenters. The van der Waals surface area contributed by atoms with Crippen LogP contribution in [0, 0.1) is 50.7 Å². The fourth-order valence-corrected chi connectivity index (χ4v) is 4.12. The number of Topliss-reactive ketones (excluding diaryl/α,β-unsaturated/α-hetero) is 1. The number of hydrogen-bond donors (Lipinski definition) is 0. The molecular weight excluding hydrogens is 372 g/mol. The molecule has 1 aliphatic heterocycles. The number of ketones is 1. The number of carbonyl (C=O) groups is 2. The summed E-state index contributed by atoms with van der Waals surface area (Å²) in [7, 11) is 0. The molecule has 0 atom stereocenters. The average molecular weight is 398 g/mol. The number of amides is 1. The number of furan rings is 1. The monoisotopic (exact) mass is 398 g/mol. The standard InChI is InChI=1S/C22H26N2O5/c1-12-13(2)15(4)20(16(5)14(12)3)21(25)17-8-10-23(11-9-17)22(26)18-6-7-19(29-18)24(27)28/h6-7,17H,8-11H2,1-5H3. The Balaban J connectivity index is 1.73. The van der Waals surface area contributed by atoms with Crippen LogP contribution in [0.5, 0.6) is 0 Å². The van der Waals surface area contributed by atoms with Crippen LogP contribution < -0.4 is 0 Å². The molecule has 0 spiro atoms. The SMILES string of the molecule is Cc1c(C)c(C)c(C(=O)C2CCN(C(=O)c3ccc([N+](=O)[O-])o3)CC2)c(C)c1C. The lowest BCUT2D eigenvalue weighted by molar-refractivity contribution is -0.402. The maximum Gasteiger partial charge on any atom is 0.433 e. The van der Waals surface area contributed by atoms with Crippen LogP contribution in [-0.2, 0) is 0 Å². The predicted molar refractivity (Wildman–Crippen MR) is 108 cm³/mol. The molecule has 3 rings (SSSR count). The van der Waals surface area contributed by atoms with E-state index in [1.165, 1.54) is 17.7 Å². The normalized spacial score (nSPS) is 14.9. The summed E-state index contributed by atoms with van der Waals surface area (Å²) in [5.74, 6) is -0.860. The molecule has 1 saturated heterocycles. The first-order chi connectivity index (χ1) is 13.6. The number of benzene rings is 1. The highest BCUT2D eigenvalue weighted by Crippen LogP contribution is 2.31. The fourth-order valence-electron chi connectivity index (χ4n) is 4.12. The summed E-state index contributed by atoms with van der Waals surface area (Å²) in [5, 5.41) is 10.7. The van der Waals surface area contributed by atoms with E-state index in [2.05, 4.69) is 20.8 Å². The zero-order valence-electron chi connectivity index (χ0n) is 17.5. The number of rotatable bonds is 4. The lowest BCUT2D eigenvalue weighted by Gasteiger charge is -2.31. The van der Waals surface area contributed by atoms with Crippen LogP contribution >= 0.6 is 0 Å². The van der Waals surface area contributed by atoms with Crippen molar-refractivity contribution in [2.75, 3.05) is 13.1 Å². The van der Waals surface area contributed by atoms with Gasteiger partial charge in [-0.1, -0.05) is 0 Å². The Morgan fingerprint density at radius 3 is 1.97 bits per heavy atom. The van der Waals surface area contributed by atoms with Crippen LogP contribution in [0.15, 0.2) is 16.5 Å². The number of hydrogen-bond acceptors (Lipinski definition) is 5. The van der Waals surface area contributed by atoms with Gasteiger partial charge >= 0.3 is 5.88 Å². The molecule has 7 heteroatoms. The number of nitrogens with zero attached hydrogens (tertiary/aromatic N) is 2. The van der Waals surface area contributed by atoms with Gasteiger partial charge in [0.1, 0.15) is 4.92 Å². The topological polar surface area (TPSA) is 93.7 Å². The van der Waals surface area contributed by atoms with Crippen molar-refractivity contribution >= 4 is 17.6 Å². The van der Waals surface area contributed by atoms with Gasteiger partial charge in [0.15, 0.2) is 11.5 Å². The molecule has 29 heavy (non-hydrogen) atoms. The third kappa shape index (κ3) is 3.69. The second-order valence-corrected chi connectivity index (χ2v) is 7.83. The lowest BCUT2D eigenvalue weighted by atomic mass is 9.81. The van der Waals surface area contributed by atoms with E-state index in [0.717, 1.165) is 27.8 Å². The summed E-state index contributed by atoms with van der Waals surface area (Å²) in [6.07, 6.45) is 1.14. The van der Waals surface area contributed by atoms with Gasteiger partial charge in [-0.05, 0) is 81.3 Å². The Morgan fingerprint density at radius 1 is 0.966 bits per heavy atom. The molecule has 0 radical (unpaired) electrons. The van der Waals surface area contributed by atoms with E-state index >= 15 is 0 Å². The van der Waals surface area contributed by atoms with Crippen LogP contribution in [0.25, 0.3) is 0 Å². The quantitative estimate of drug-likeness (QED) is 0.430. The fraction of sp³-hybridized carbons (Fsp3) is 0.455. The van der Waals surface area contributed by atoms with Crippen LogP contribution in [0.1, 0.15) is 61.6 Å². The number of piperidine rings is 1. The minimum absolute atomic E-state index is 0.0436. The molecule has 2 heterocycles. The van der Waals surface area contributed by atoms with Crippen LogP contribution in [-0.4, -0.2) is 34.6 Å². The Hall–Kier alpha value is -2.96. The van der Waals surface area contributed by atoms with Gasteiger partial charge in [-0.15, -0.1) is 0 Å². The van der Waals surface area contributed by atoms with E-state index in [1.54, 1.807) is 4.90 Å². The first-order valence-corrected chi connectivity index (χ1v) is 9.78. The molecule has 0 N–H and O–H groups in total. The van der Waals surface area contributed by atoms with E-state index < -0.39 is 10.8 Å². The third-order valence-electron chi connectivity index (χ3n) is 6.38. The summed E-state index contributed by atoms with van der Waals surface area (Å²) in [4.78, 5) is 37.5. The van der Waals surface area contributed by atoms with Crippen LogP contribution in [0.2, 0.25) is 0 Å². The highest BCUT2D eigenvalue weighted by molar-refractivity contribution is 6.01. The van der Waals surface area contributed by atoms with Gasteiger partial charge < -0.3 is 9.32 Å². The van der Waals surface area contributed by atoms with E-state index in [9.17, 15) is 19.7 Å². The number of likely N-dealkylation sites (tertiary alicyclic amines) is 1. The van der Waals surface area contributed by atoms with Crippen molar-refractivity contribution in [1.29, 1.82) is 0 Å². The van der Waals surface area contributed by atoms with Gasteiger partial charge in [-0.2, -0.15) is 0 Å².